The number of rotatable bonds is 2. The number of Topliss-reactive ketones (excluding diaryl/α,β-unsaturated/α-hetero) is 1. The molecule has 0 atom stereocenters. The molecule has 1 aromatic rings. The van der Waals surface area contributed by atoms with Crippen LogP contribution >= 0.6 is 23.2 Å². The first-order valence-corrected chi connectivity index (χ1v) is 7.13. The quantitative estimate of drug-likeness (QED) is 0.659. The van der Waals surface area contributed by atoms with Gasteiger partial charge in [-0.25, -0.2) is 0 Å². The molecule has 2 rings (SSSR count). The summed E-state index contributed by atoms with van der Waals surface area (Å²) in [5, 5.41) is 0.880. The number of carbonyl (C=O) groups is 1. The lowest BCUT2D eigenvalue weighted by atomic mass is 9.94. The number of hydrogen-bond acceptors (Lipinski definition) is 1. The molecule has 0 bridgehead atoms. The highest BCUT2D eigenvalue weighted by Gasteiger charge is 2.18. The van der Waals surface area contributed by atoms with Crippen LogP contribution < -0.4 is 0 Å². The number of hydrogen-bond donors (Lipinski definition) is 0. The maximum Gasteiger partial charge on any atom is 0.191 e. The van der Waals surface area contributed by atoms with E-state index in [1.165, 1.54) is 12.8 Å². The Morgan fingerprint density at radius 3 is 2.39 bits per heavy atom. The first kappa shape index (κ1) is 13.6. The van der Waals surface area contributed by atoms with Crippen molar-refractivity contribution in [3.63, 3.8) is 0 Å². The van der Waals surface area contributed by atoms with Crippen LogP contribution in [-0.4, -0.2) is 5.78 Å². The molecular weight excluding hydrogens is 267 g/mol. The van der Waals surface area contributed by atoms with E-state index in [0.29, 0.717) is 15.6 Å². The van der Waals surface area contributed by atoms with Gasteiger partial charge >= 0.3 is 0 Å². The van der Waals surface area contributed by atoms with E-state index in [-0.39, 0.29) is 5.78 Å². The van der Waals surface area contributed by atoms with Gasteiger partial charge in [-0.3, -0.25) is 4.79 Å². The van der Waals surface area contributed by atoms with Gasteiger partial charge in [0.2, 0.25) is 0 Å². The number of carbonyl (C=O) groups excluding carboxylic acids is 1. The average molecular weight is 283 g/mol. The van der Waals surface area contributed by atoms with Crippen molar-refractivity contribution in [2.75, 3.05) is 0 Å². The lowest BCUT2D eigenvalue weighted by Crippen LogP contribution is -2.06. The summed E-state index contributed by atoms with van der Waals surface area (Å²) in [5.41, 5.74) is 1.32. The van der Waals surface area contributed by atoms with Gasteiger partial charge in [-0.15, -0.1) is 0 Å². The van der Waals surface area contributed by atoms with E-state index in [1.807, 2.05) is 0 Å². The van der Waals surface area contributed by atoms with Crippen LogP contribution in [0.5, 0.6) is 0 Å². The highest BCUT2D eigenvalue weighted by atomic mass is 35.5. The maximum absolute atomic E-state index is 12.5. The van der Waals surface area contributed by atoms with Crippen molar-refractivity contribution in [1.82, 2.24) is 0 Å². The minimum absolute atomic E-state index is 0.00694. The van der Waals surface area contributed by atoms with E-state index < -0.39 is 0 Å². The highest BCUT2D eigenvalue weighted by Crippen LogP contribution is 2.29. The lowest BCUT2D eigenvalue weighted by molar-refractivity contribution is 0.103. The molecule has 0 aliphatic heterocycles. The van der Waals surface area contributed by atoms with Crippen molar-refractivity contribution in [3.8, 4) is 0 Å². The van der Waals surface area contributed by atoms with Crippen molar-refractivity contribution in [2.24, 2.45) is 0 Å². The van der Waals surface area contributed by atoms with E-state index in [0.717, 1.165) is 31.3 Å². The van der Waals surface area contributed by atoms with E-state index >= 15 is 0 Å². The third kappa shape index (κ3) is 3.15. The normalized spacial score (nSPS) is 19.6. The van der Waals surface area contributed by atoms with Crippen LogP contribution in [0.25, 0.3) is 0 Å². The van der Waals surface area contributed by atoms with Crippen LogP contribution in [-0.2, 0) is 0 Å². The monoisotopic (exact) mass is 282 g/mol. The topological polar surface area (TPSA) is 17.1 Å². The summed E-state index contributed by atoms with van der Waals surface area (Å²) in [7, 11) is 0. The van der Waals surface area contributed by atoms with Crippen LogP contribution in [0.3, 0.4) is 0 Å². The van der Waals surface area contributed by atoms with Gasteiger partial charge in [0, 0.05) is 0 Å². The summed E-state index contributed by atoms with van der Waals surface area (Å²) in [6.07, 6.45) is 8.54. The van der Waals surface area contributed by atoms with Crippen molar-refractivity contribution >= 4 is 29.0 Å². The van der Waals surface area contributed by atoms with Gasteiger partial charge in [0.15, 0.2) is 5.78 Å². The van der Waals surface area contributed by atoms with Crippen molar-refractivity contribution in [1.29, 1.82) is 0 Å². The van der Waals surface area contributed by atoms with E-state index in [9.17, 15) is 4.79 Å². The second kappa shape index (κ2) is 6.40. The van der Waals surface area contributed by atoms with Crippen LogP contribution in [0.15, 0.2) is 29.8 Å². The summed E-state index contributed by atoms with van der Waals surface area (Å²) >= 11 is 12.2. The Morgan fingerprint density at radius 1 is 1.00 bits per heavy atom. The zero-order valence-electron chi connectivity index (χ0n) is 10.2. The van der Waals surface area contributed by atoms with Gasteiger partial charge in [0.1, 0.15) is 0 Å². The number of allylic oxidation sites excluding steroid dienone is 2. The Labute approximate surface area is 118 Å². The molecule has 0 aromatic heterocycles. The molecule has 0 fully saturated rings. The van der Waals surface area contributed by atoms with Crippen LogP contribution in [0.2, 0.25) is 10.0 Å². The number of benzene rings is 1. The Morgan fingerprint density at radius 2 is 1.67 bits per heavy atom. The van der Waals surface area contributed by atoms with E-state index in [4.69, 9.17) is 23.2 Å². The first-order valence-electron chi connectivity index (χ1n) is 6.38. The van der Waals surface area contributed by atoms with Crippen molar-refractivity contribution < 1.29 is 4.79 Å². The average Bonchev–Trinajstić information content (AvgIpc) is 2.27. The second-order valence-corrected chi connectivity index (χ2v) is 5.42. The van der Waals surface area contributed by atoms with Gasteiger partial charge in [0.05, 0.1) is 15.6 Å². The Hall–Kier alpha value is -0.790. The fourth-order valence-corrected chi connectivity index (χ4v) is 2.84. The van der Waals surface area contributed by atoms with Crippen LogP contribution in [0.4, 0.5) is 0 Å². The molecule has 0 N–H and O–H groups in total. The number of halogens is 2. The molecule has 1 nitrogen and oxygen atoms in total. The van der Waals surface area contributed by atoms with Gasteiger partial charge < -0.3 is 0 Å². The largest absolute Gasteiger partial charge is 0.289 e. The molecule has 96 valence electrons. The van der Waals surface area contributed by atoms with Crippen LogP contribution in [0, 0.1) is 0 Å². The standard InChI is InChI=1S/C15H16Cl2O/c16-12-9-6-10-13(17)14(12)15(18)11-7-4-2-1-3-5-8-11/h6-7,9-10H,1-5,8H2/b11-7+. The SMILES string of the molecule is O=C(/C1=C/CCCCCC1)c1c(Cl)cccc1Cl. The second-order valence-electron chi connectivity index (χ2n) is 4.61. The maximum atomic E-state index is 12.5. The first-order chi connectivity index (χ1) is 8.70. The Kier molecular flexibility index (Phi) is 4.85. The molecule has 0 spiro atoms. The molecular formula is C15H16Cl2O. The summed E-state index contributed by atoms with van der Waals surface area (Å²) in [6, 6.07) is 5.18. The minimum atomic E-state index is -0.00694. The summed E-state index contributed by atoms with van der Waals surface area (Å²) in [4.78, 5) is 12.5. The predicted molar refractivity (Wildman–Crippen MR) is 76.6 cm³/mol. The summed E-state index contributed by atoms with van der Waals surface area (Å²) in [5.74, 6) is -0.00694. The summed E-state index contributed by atoms with van der Waals surface area (Å²) < 4.78 is 0. The molecule has 0 saturated carbocycles. The van der Waals surface area contributed by atoms with Crippen molar-refractivity contribution in [3.05, 3.63) is 45.5 Å². The number of ketones is 1. The zero-order valence-corrected chi connectivity index (χ0v) is 11.7. The van der Waals surface area contributed by atoms with Crippen LogP contribution in [0.1, 0.15) is 48.9 Å². The molecule has 1 aliphatic carbocycles. The van der Waals surface area contributed by atoms with Gasteiger partial charge in [0.25, 0.3) is 0 Å². The lowest BCUT2D eigenvalue weighted by Gasteiger charge is -2.12. The minimum Gasteiger partial charge on any atom is -0.289 e. The van der Waals surface area contributed by atoms with Crippen molar-refractivity contribution in [2.45, 2.75) is 38.5 Å². The fraction of sp³-hybridized carbons (Fsp3) is 0.400. The molecule has 3 heteroatoms. The molecule has 0 saturated heterocycles. The predicted octanol–water partition coefficient (Wildman–Crippen LogP) is 5.46. The Bertz CT molecular complexity index is 457. The van der Waals surface area contributed by atoms with Gasteiger partial charge in [-0.1, -0.05) is 48.2 Å². The zero-order chi connectivity index (χ0) is 13.0. The highest BCUT2D eigenvalue weighted by molar-refractivity contribution is 6.40. The summed E-state index contributed by atoms with van der Waals surface area (Å²) in [6.45, 7) is 0. The smallest absolute Gasteiger partial charge is 0.191 e. The molecule has 1 aliphatic rings. The van der Waals surface area contributed by atoms with E-state index in [2.05, 4.69) is 6.08 Å². The molecule has 0 radical (unpaired) electrons. The molecule has 18 heavy (non-hydrogen) atoms. The molecule has 0 amide bonds. The molecule has 1 aromatic carbocycles. The third-order valence-corrected chi connectivity index (χ3v) is 3.90. The molecule has 0 unspecified atom stereocenters. The third-order valence-electron chi connectivity index (χ3n) is 3.27. The van der Waals surface area contributed by atoms with E-state index in [1.54, 1.807) is 18.2 Å². The van der Waals surface area contributed by atoms with Gasteiger partial charge in [-0.2, -0.15) is 0 Å². The fourth-order valence-electron chi connectivity index (χ4n) is 2.27. The molecule has 0 heterocycles. The van der Waals surface area contributed by atoms with Gasteiger partial charge in [-0.05, 0) is 43.4 Å². The Balaban J connectivity index is 2.29.